The molecule has 1 radical (unpaired) electrons. The largest absolute Gasteiger partial charge is 0.378 e. The molecule has 18 heavy (non-hydrogen) atoms. The second-order valence-corrected chi connectivity index (χ2v) is 4.62. The quantitative estimate of drug-likeness (QED) is 0.717. The van der Waals surface area contributed by atoms with Crippen molar-refractivity contribution in [2.45, 2.75) is 0 Å². The average Bonchev–Trinajstić information content (AvgIpc) is 2.87. The third kappa shape index (κ3) is 1.76. The number of benzene rings is 2. The van der Waals surface area contributed by atoms with Crippen molar-refractivity contribution < 1.29 is 0 Å². The van der Waals surface area contributed by atoms with Crippen LogP contribution in [0.3, 0.4) is 0 Å². The summed E-state index contributed by atoms with van der Waals surface area (Å²) >= 11 is 0. The molecule has 3 aromatic rings. The second-order valence-electron chi connectivity index (χ2n) is 4.62. The molecule has 3 rings (SSSR count). The van der Waals surface area contributed by atoms with Gasteiger partial charge in [-0.25, -0.2) is 0 Å². The molecule has 1 N–H and O–H groups in total. The number of hydrogen-bond acceptors (Lipinski definition) is 1. The number of fused-ring (bicyclic) bond motifs is 1. The molecular weight excluding hydrogens is 220 g/mol. The molecule has 89 valence electrons. The highest BCUT2D eigenvalue weighted by molar-refractivity contribution is 5.95. The molecule has 0 atom stereocenters. The van der Waals surface area contributed by atoms with E-state index in [9.17, 15) is 0 Å². The van der Waals surface area contributed by atoms with E-state index in [0.717, 1.165) is 0 Å². The molecule has 0 amide bonds. The number of hydrogen-bond donors (Lipinski definition) is 1. The van der Waals surface area contributed by atoms with Crippen LogP contribution in [0.15, 0.2) is 48.7 Å². The lowest BCUT2D eigenvalue weighted by Gasteiger charge is -2.13. The predicted octanol–water partition coefficient (Wildman–Crippen LogP) is 3.70. The molecule has 0 unspecified atom stereocenters. The third-order valence-electron chi connectivity index (χ3n) is 3.20. The van der Waals surface area contributed by atoms with E-state index >= 15 is 0 Å². The summed E-state index contributed by atoms with van der Waals surface area (Å²) in [6.45, 7) is 0. The Bertz CT molecular complexity index is 680. The Kier molecular flexibility index (Phi) is 2.56. The number of nitrogens with one attached hydrogen (secondary N) is 1. The lowest BCUT2D eigenvalue weighted by molar-refractivity contribution is 1.13. The van der Waals surface area contributed by atoms with Gasteiger partial charge in [0.15, 0.2) is 0 Å². The van der Waals surface area contributed by atoms with E-state index in [4.69, 9.17) is 0 Å². The fraction of sp³-hybridized carbons (Fsp3) is 0.125. The first-order valence-corrected chi connectivity index (χ1v) is 6.00. The van der Waals surface area contributed by atoms with Crippen molar-refractivity contribution in [1.82, 2.24) is 4.98 Å². The standard InChI is InChI=1S/C16H15N2/c1-18(2)13-6-3-5-12(11-13)14-7-4-8-16-15(14)9-10-17-16/h4-11,17H,1-2H3. The van der Waals surface area contributed by atoms with Crippen LogP contribution in [-0.2, 0) is 0 Å². The lowest BCUT2D eigenvalue weighted by Crippen LogP contribution is -2.08. The molecule has 0 bridgehead atoms. The minimum atomic E-state index is 1.17. The lowest BCUT2D eigenvalue weighted by atomic mass is 10.0. The number of aromatic nitrogens is 1. The van der Waals surface area contributed by atoms with E-state index < -0.39 is 0 Å². The minimum Gasteiger partial charge on any atom is -0.378 e. The van der Waals surface area contributed by atoms with E-state index in [-0.39, 0.29) is 0 Å². The number of nitrogens with zero attached hydrogens (tertiary/aromatic N) is 1. The predicted molar refractivity (Wildman–Crippen MR) is 76.9 cm³/mol. The molecule has 0 aliphatic heterocycles. The van der Waals surface area contributed by atoms with Crippen molar-refractivity contribution in [3.63, 3.8) is 0 Å². The first-order valence-electron chi connectivity index (χ1n) is 6.00. The maximum absolute atomic E-state index is 3.25. The topological polar surface area (TPSA) is 19.0 Å². The van der Waals surface area contributed by atoms with Gasteiger partial charge in [0.1, 0.15) is 0 Å². The first-order chi connectivity index (χ1) is 8.75. The number of anilines is 1. The minimum absolute atomic E-state index is 1.17. The van der Waals surface area contributed by atoms with Gasteiger partial charge in [-0.1, -0.05) is 12.1 Å². The summed E-state index contributed by atoms with van der Waals surface area (Å²) in [5, 5.41) is 1.25. The molecule has 2 nitrogen and oxygen atoms in total. The average molecular weight is 235 g/mol. The van der Waals surface area contributed by atoms with E-state index in [1.54, 1.807) is 0 Å². The second kappa shape index (κ2) is 4.22. The smallest absolute Gasteiger partial charge is 0.0460 e. The summed E-state index contributed by atoms with van der Waals surface area (Å²) in [6.07, 6.45) is 1.98. The van der Waals surface area contributed by atoms with Crippen LogP contribution >= 0.6 is 0 Å². The van der Waals surface area contributed by atoms with Crippen molar-refractivity contribution in [3.8, 4) is 11.1 Å². The van der Waals surface area contributed by atoms with Gasteiger partial charge in [-0.2, -0.15) is 0 Å². The monoisotopic (exact) mass is 235 g/mol. The molecule has 2 aromatic carbocycles. The summed E-state index contributed by atoms with van der Waals surface area (Å²) in [5.41, 5.74) is 4.78. The summed E-state index contributed by atoms with van der Waals surface area (Å²) < 4.78 is 0. The Hall–Kier alpha value is -2.22. The maximum atomic E-state index is 3.25. The molecule has 1 heterocycles. The van der Waals surface area contributed by atoms with Crippen LogP contribution in [0.1, 0.15) is 0 Å². The zero-order chi connectivity index (χ0) is 12.5. The van der Waals surface area contributed by atoms with Crippen LogP contribution < -0.4 is 4.90 Å². The van der Waals surface area contributed by atoms with Crippen LogP contribution in [0.2, 0.25) is 0 Å². The highest BCUT2D eigenvalue weighted by atomic mass is 15.1. The Morgan fingerprint density at radius 1 is 1.11 bits per heavy atom. The van der Waals surface area contributed by atoms with Crippen molar-refractivity contribution in [1.29, 1.82) is 0 Å². The van der Waals surface area contributed by atoms with E-state index in [1.807, 2.05) is 32.4 Å². The SMILES string of the molecule is CN(C)c1c[c]cc(-c2cccc3[nH]ccc23)c1. The summed E-state index contributed by atoms with van der Waals surface area (Å²) in [4.78, 5) is 5.34. The van der Waals surface area contributed by atoms with Crippen LogP contribution in [-0.4, -0.2) is 19.1 Å². The fourth-order valence-corrected chi connectivity index (χ4v) is 2.21. The van der Waals surface area contributed by atoms with E-state index in [0.29, 0.717) is 0 Å². The Balaban J connectivity index is 2.20. The van der Waals surface area contributed by atoms with Gasteiger partial charge >= 0.3 is 0 Å². The Labute approximate surface area is 107 Å². The zero-order valence-corrected chi connectivity index (χ0v) is 10.6. The first kappa shape index (κ1) is 10.9. The van der Waals surface area contributed by atoms with Crippen molar-refractivity contribution in [2.24, 2.45) is 0 Å². The molecule has 0 saturated carbocycles. The number of rotatable bonds is 2. The molecule has 0 fully saturated rings. The van der Waals surface area contributed by atoms with Crippen LogP contribution in [0.4, 0.5) is 5.69 Å². The Morgan fingerprint density at radius 3 is 2.83 bits per heavy atom. The highest BCUT2D eigenvalue weighted by Crippen LogP contribution is 2.29. The maximum Gasteiger partial charge on any atom is 0.0460 e. The van der Waals surface area contributed by atoms with E-state index in [1.165, 1.54) is 27.7 Å². The fourth-order valence-electron chi connectivity index (χ4n) is 2.21. The van der Waals surface area contributed by atoms with Gasteiger partial charge in [-0.05, 0) is 47.5 Å². The molecular formula is C16H15N2. The van der Waals surface area contributed by atoms with Crippen molar-refractivity contribution >= 4 is 16.6 Å². The summed E-state index contributed by atoms with van der Waals surface area (Å²) in [7, 11) is 4.09. The Morgan fingerprint density at radius 2 is 2.00 bits per heavy atom. The van der Waals surface area contributed by atoms with Gasteiger partial charge in [0.05, 0.1) is 0 Å². The number of aromatic amines is 1. The zero-order valence-electron chi connectivity index (χ0n) is 10.6. The highest BCUT2D eigenvalue weighted by Gasteiger charge is 2.05. The van der Waals surface area contributed by atoms with Crippen molar-refractivity contribution in [3.05, 3.63) is 54.7 Å². The molecule has 0 aliphatic rings. The molecule has 0 spiro atoms. The third-order valence-corrected chi connectivity index (χ3v) is 3.20. The van der Waals surface area contributed by atoms with Gasteiger partial charge in [0.25, 0.3) is 0 Å². The van der Waals surface area contributed by atoms with E-state index in [2.05, 4.69) is 46.3 Å². The molecule has 2 heteroatoms. The van der Waals surface area contributed by atoms with Gasteiger partial charge < -0.3 is 9.88 Å². The molecule has 0 aliphatic carbocycles. The molecule has 1 aromatic heterocycles. The van der Waals surface area contributed by atoms with Crippen LogP contribution in [0.5, 0.6) is 0 Å². The van der Waals surface area contributed by atoms with Gasteiger partial charge in [0, 0.05) is 36.9 Å². The number of H-pyrrole nitrogens is 1. The van der Waals surface area contributed by atoms with Crippen LogP contribution in [0.25, 0.3) is 22.0 Å². The van der Waals surface area contributed by atoms with Crippen LogP contribution in [0, 0.1) is 6.07 Å². The molecule has 0 saturated heterocycles. The summed E-state index contributed by atoms with van der Waals surface area (Å²) in [5.74, 6) is 0. The van der Waals surface area contributed by atoms with Gasteiger partial charge in [-0.3, -0.25) is 0 Å². The van der Waals surface area contributed by atoms with Gasteiger partial charge in [-0.15, -0.1) is 0 Å². The normalized spacial score (nSPS) is 10.8. The van der Waals surface area contributed by atoms with Gasteiger partial charge in [0.2, 0.25) is 0 Å². The van der Waals surface area contributed by atoms with Crippen molar-refractivity contribution in [2.75, 3.05) is 19.0 Å². The summed E-state index contributed by atoms with van der Waals surface area (Å²) in [6, 6.07) is 17.9.